The molecular weight excluding hydrogens is 260 g/mol. The van der Waals surface area contributed by atoms with Gasteiger partial charge in [0.15, 0.2) is 0 Å². The molecule has 1 rings (SSSR count). The number of carbonyl (C=O) groups is 2. The Morgan fingerprint density at radius 1 is 1.30 bits per heavy atom. The van der Waals surface area contributed by atoms with Gasteiger partial charge in [-0.3, -0.25) is 4.79 Å². The van der Waals surface area contributed by atoms with E-state index in [2.05, 4.69) is 5.32 Å². The third-order valence-electron chi connectivity index (χ3n) is 3.23. The molecule has 0 saturated heterocycles. The molecule has 1 fully saturated rings. The van der Waals surface area contributed by atoms with Gasteiger partial charge < -0.3 is 20.5 Å². The number of hydrogen-bond donors (Lipinski definition) is 2. The number of rotatable bonds is 3. The zero-order valence-corrected chi connectivity index (χ0v) is 12.8. The molecule has 0 heterocycles. The first-order valence-corrected chi connectivity index (χ1v) is 7.14. The zero-order valence-electron chi connectivity index (χ0n) is 12.8. The Hall–Kier alpha value is -1.30. The average molecular weight is 286 g/mol. The average Bonchev–Trinajstić information content (AvgIpc) is 2.29. The Kier molecular flexibility index (Phi) is 5.80. The Balaban J connectivity index is 2.54. The number of ether oxygens (including phenoxy) is 2. The van der Waals surface area contributed by atoms with Crippen LogP contribution in [0.15, 0.2) is 0 Å². The van der Waals surface area contributed by atoms with Gasteiger partial charge in [-0.15, -0.1) is 0 Å². The van der Waals surface area contributed by atoms with Gasteiger partial charge in [0, 0.05) is 12.1 Å². The lowest BCUT2D eigenvalue weighted by Gasteiger charge is -2.34. The van der Waals surface area contributed by atoms with Crippen molar-refractivity contribution in [3.63, 3.8) is 0 Å². The fourth-order valence-electron chi connectivity index (χ4n) is 2.29. The van der Waals surface area contributed by atoms with Crippen molar-refractivity contribution in [3.8, 4) is 0 Å². The fourth-order valence-corrected chi connectivity index (χ4v) is 2.29. The molecule has 20 heavy (non-hydrogen) atoms. The van der Waals surface area contributed by atoms with Crippen LogP contribution in [0.5, 0.6) is 0 Å². The molecule has 3 N–H and O–H groups in total. The number of esters is 1. The van der Waals surface area contributed by atoms with Crippen LogP contribution in [0.3, 0.4) is 0 Å². The van der Waals surface area contributed by atoms with Crippen LogP contribution < -0.4 is 11.1 Å². The molecule has 0 aliphatic heterocycles. The van der Waals surface area contributed by atoms with Crippen molar-refractivity contribution in [3.05, 3.63) is 0 Å². The Morgan fingerprint density at radius 2 is 1.95 bits per heavy atom. The molecule has 6 nitrogen and oxygen atoms in total. The molecule has 116 valence electrons. The second-order valence-electron chi connectivity index (χ2n) is 6.18. The van der Waals surface area contributed by atoms with E-state index in [-0.39, 0.29) is 24.0 Å². The molecule has 0 radical (unpaired) electrons. The van der Waals surface area contributed by atoms with Crippen molar-refractivity contribution in [1.29, 1.82) is 0 Å². The highest BCUT2D eigenvalue weighted by Gasteiger charge is 2.34. The maximum absolute atomic E-state index is 11.8. The van der Waals surface area contributed by atoms with Crippen molar-refractivity contribution in [2.75, 3.05) is 6.61 Å². The number of hydrogen-bond acceptors (Lipinski definition) is 5. The van der Waals surface area contributed by atoms with Gasteiger partial charge in [-0.25, -0.2) is 4.79 Å². The summed E-state index contributed by atoms with van der Waals surface area (Å²) in [6, 6.07) is -0.416. The van der Waals surface area contributed by atoms with Crippen LogP contribution in [0.2, 0.25) is 0 Å². The SMILES string of the molecule is CCOC(=O)[C@@H]1CC[C@@H](N)[C@H](NC(=O)OC(C)(C)C)C1. The second-order valence-corrected chi connectivity index (χ2v) is 6.18. The molecule has 1 saturated carbocycles. The van der Waals surface area contributed by atoms with Gasteiger partial charge in [0.05, 0.1) is 12.5 Å². The number of nitrogens with two attached hydrogens (primary N) is 1. The van der Waals surface area contributed by atoms with Crippen molar-refractivity contribution >= 4 is 12.1 Å². The van der Waals surface area contributed by atoms with Crippen molar-refractivity contribution in [2.45, 2.75) is 64.6 Å². The molecule has 0 aromatic heterocycles. The van der Waals surface area contributed by atoms with Crippen molar-refractivity contribution in [2.24, 2.45) is 11.7 Å². The number of amides is 1. The third kappa shape index (κ3) is 5.36. The van der Waals surface area contributed by atoms with E-state index >= 15 is 0 Å². The lowest BCUT2D eigenvalue weighted by Crippen LogP contribution is -2.53. The quantitative estimate of drug-likeness (QED) is 0.768. The molecule has 0 aromatic carbocycles. The van der Waals surface area contributed by atoms with Crippen LogP contribution in [0.25, 0.3) is 0 Å². The first-order valence-electron chi connectivity index (χ1n) is 7.14. The van der Waals surface area contributed by atoms with E-state index in [1.807, 2.05) is 0 Å². The maximum atomic E-state index is 11.8. The summed E-state index contributed by atoms with van der Waals surface area (Å²) in [5, 5.41) is 2.76. The number of carbonyl (C=O) groups excluding carboxylic acids is 2. The molecular formula is C14H26N2O4. The lowest BCUT2D eigenvalue weighted by molar-refractivity contribution is -0.149. The van der Waals surface area contributed by atoms with Crippen LogP contribution in [-0.2, 0) is 14.3 Å². The Labute approximate surface area is 120 Å². The predicted octanol–water partition coefficient (Wildman–Crippen LogP) is 1.57. The first kappa shape index (κ1) is 16.8. The highest BCUT2D eigenvalue weighted by atomic mass is 16.6. The summed E-state index contributed by atoms with van der Waals surface area (Å²) in [6.45, 7) is 7.55. The largest absolute Gasteiger partial charge is 0.466 e. The lowest BCUT2D eigenvalue weighted by atomic mass is 9.83. The van der Waals surface area contributed by atoms with Crippen LogP contribution in [-0.4, -0.2) is 36.4 Å². The van der Waals surface area contributed by atoms with E-state index in [1.54, 1.807) is 27.7 Å². The summed E-state index contributed by atoms with van der Waals surface area (Å²) in [5.41, 5.74) is 5.45. The smallest absolute Gasteiger partial charge is 0.407 e. The predicted molar refractivity (Wildman–Crippen MR) is 75.1 cm³/mol. The van der Waals surface area contributed by atoms with Crippen LogP contribution >= 0.6 is 0 Å². The molecule has 1 aliphatic rings. The van der Waals surface area contributed by atoms with Gasteiger partial charge in [-0.1, -0.05) is 0 Å². The van der Waals surface area contributed by atoms with Crippen molar-refractivity contribution < 1.29 is 19.1 Å². The van der Waals surface area contributed by atoms with E-state index in [0.29, 0.717) is 25.9 Å². The van der Waals surface area contributed by atoms with Gasteiger partial charge in [-0.05, 0) is 47.0 Å². The molecule has 1 aliphatic carbocycles. The molecule has 0 bridgehead atoms. The zero-order chi connectivity index (χ0) is 15.3. The summed E-state index contributed by atoms with van der Waals surface area (Å²) >= 11 is 0. The van der Waals surface area contributed by atoms with Crippen LogP contribution in [0, 0.1) is 5.92 Å². The van der Waals surface area contributed by atoms with E-state index in [9.17, 15) is 9.59 Å². The maximum Gasteiger partial charge on any atom is 0.407 e. The fraction of sp³-hybridized carbons (Fsp3) is 0.857. The van der Waals surface area contributed by atoms with Crippen molar-refractivity contribution in [1.82, 2.24) is 5.32 Å². The standard InChI is InChI=1S/C14H26N2O4/c1-5-19-12(17)9-6-7-10(15)11(8-9)16-13(18)20-14(2,3)4/h9-11H,5-8,15H2,1-4H3,(H,16,18)/t9-,10-,11-/m1/s1. The van der Waals surface area contributed by atoms with E-state index < -0.39 is 11.7 Å². The Morgan fingerprint density at radius 3 is 2.50 bits per heavy atom. The minimum absolute atomic E-state index is 0.159. The number of nitrogens with one attached hydrogen (secondary N) is 1. The first-order chi connectivity index (χ1) is 9.23. The summed E-state index contributed by atoms with van der Waals surface area (Å²) in [7, 11) is 0. The van der Waals surface area contributed by atoms with E-state index in [1.165, 1.54) is 0 Å². The highest BCUT2D eigenvalue weighted by molar-refractivity contribution is 5.73. The molecule has 6 heteroatoms. The Bertz CT molecular complexity index is 352. The van der Waals surface area contributed by atoms with Crippen LogP contribution in [0.4, 0.5) is 4.79 Å². The minimum Gasteiger partial charge on any atom is -0.466 e. The second kappa shape index (κ2) is 6.92. The molecule has 3 atom stereocenters. The normalized spacial score (nSPS) is 26.8. The summed E-state index contributed by atoms with van der Waals surface area (Å²) in [4.78, 5) is 23.5. The van der Waals surface area contributed by atoms with E-state index in [4.69, 9.17) is 15.2 Å². The molecule has 0 spiro atoms. The summed E-state index contributed by atoms with van der Waals surface area (Å²) < 4.78 is 10.2. The van der Waals surface area contributed by atoms with Gasteiger partial charge in [-0.2, -0.15) is 0 Å². The third-order valence-corrected chi connectivity index (χ3v) is 3.23. The molecule has 0 aromatic rings. The van der Waals surface area contributed by atoms with Gasteiger partial charge >= 0.3 is 12.1 Å². The summed E-state index contributed by atoms with van der Waals surface area (Å²) in [6.07, 6.45) is 1.39. The summed E-state index contributed by atoms with van der Waals surface area (Å²) in [5.74, 6) is -0.412. The van der Waals surface area contributed by atoms with Gasteiger partial charge in [0.1, 0.15) is 5.60 Å². The highest BCUT2D eigenvalue weighted by Crippen LogP contribution is 2.25. The van der Waals surface area contributed by atoms with Gasteiger partial charge in [0.25, 0.3) is 0 Å². The topological polar surface area (TPSA) is 90.6 Å². The van der Waals surface area contributed by atoms with Crippen LogP contribution in [0.1, 0.15) is 47.0 Å². The minimum atomic E-state index is -0.552. The number of alkyl carbamates (subject to hydrolysis) is 1. The van der Waals surface area contributed by atoms with E-state index in [0.717, 1.165) is 0 Å². The van der Waals surface area contributed by atoms with Gasteiger partial charge in [0.2, 0.25) is 0 Å². The monoisotopic (exact) mass is 286 g/mol. The molecule has 1 amide bonds. The molecule has 0 unspecified atom stereocenters.